The van der Waals surface area contributed by atoms with Crippen molar-refractivity contribution in [2.24, 2.45) is 5.92 Å². The lowest BCUT2D eigenvalue weighted by atomic mass is 9.87. The van der Waals surface area contributed by atoms with E-state index in [2.05, 4.69) is 6.07 Å². The molecule has 9 heteroatoms. The van der Waals surface area contributed by atoms with E-state index in [0.29, 0.717) is 43.4 Å². The lowest BCUT2D eigenvalue weighted by molar-refractivity contribution is -0.164. The lowest BCUT2D eigenvalue weighted by Crippen LogP contribution is -2.58. The van der Waals surface area contributed by atoms with Crippen molar-refractivity contribution in [1.29, 1.82) is 5.26 Å². The first-order valence-corrected chi connectivity index (χ1v) is 11.6. The Morgan fingerprint density at radius 1 is 1.27 bits per heavy atom. The summed E-state index contributed by atoms with van der Waals surface area (Å²) in [5.74, 6) is 0.0377. The van der Waals surface area contributed by atoms with E-state index in [-0.39, 0.29) is 24.1 Å². The summed E-state index contributed by atoms with van der Waals surface area (Å²) in [6.45, 7) is 9.13. The van der Waals surface area contributed by atoms with Gasteiger partial charge in [0.15, 0.2) is 0 Å². The number of carbonyl (C=O) groups is 1. The number of aromatic nitrogens is 1. The molecule has 0 bridgehead atoms. The van der Waals surface area contributed by atoms with Crippen molar-refractivity contribution in [3.8, 4) is 6.07 Å². The molecule has 1 atom stereocenters. The van der Waals surface area contributed by atoms with Crippen LogP contribution in [0.4, 0.5) is 19.0 Å². The Bertz CT molecular complexity index is 979. The van der Waals surface area contributed by atoms with Gasteiger partial charge in [-0.2, -0.15) is 18.4 Å². The fourth-order valence-electron chi connectivity index (χ4n) is 4.97. The number of nitriles is 1. The van der Waals surface area contributed by atoms with Gasteiger partial charge in [0.1, 0.15) is 18.3 Å². The quantitative estimate of drug-likeness (QED) is 0.664. The van der Waals surface area contributed by atoms with Gasteiger partial charge in [-0.3, -0.25) is 4.79 Å². The van der Waals surface area contributed by atoms with E-state index in [1.54, 1.807) is 0 Å². The van der Waals surface area contributed by atoms with Gasteiger partial charge < -0.3 is 14.5 Å². The first-order chi connectivity index (χ1) is 15.4. The molecular weight excluding hydrogens is 433 g/mol. The van der Waals surface area contributed by atoms with E-state index in [0.717, 1.165) is 29.7 Å². The Labute approximate surface area is 192 Å². The third-order valence-corrected chi connectivity index (χ3v) is 6.87. The Morgan fingerprint density at radius 2 is 1.97 bits per heavy atom. The first kappa shape index (κ1) is 23.8. The van der Waals surface area contributed by atoms with Crippen molar-refractivity contribution in [3.63, 3.8) is 0 Å². The van der Waals surface area contributed by atoms with Crippen LogP contribution in [-0.4, -0.2) is 53.2 Å². The summed E-state index contributed by atoms with van der Waals surface area (Å²) in [6.07, 6.45) is -3.25. The molecule has 2 aliphatic heterocycles. The van der Waals surface area contributed by atoms with Crippen molar-refractivity contribution in [2.75, 3.05) is 24.5 Å². The topological polar surface area (TPSA) is 69.5 Å². The number of fused-ring (bicyclic) bond motifs is 1. The molecule has 0 unspecified atom stereocenters. The fraction of sp³-hybridized carbons (Fsp3) is 0.708. The van der Waals surface area contributed by atoms with E-state index < -0.39 is 18.5 Å². The summed E-state index contributed by atoms with van der Waals surface area (Å²) in [7, 11) is 0. The van der Waals surface area contributed by atoms with Gasteiger partial charge in [-0.1, -0.05) is 13.8 Å². The highest BCUT2D eigenvalue weighted by Crippen LogP contribution is 2.46. The maximum atomic E-state index is 12.9. The Kier molecular flexibility index (Phi) is 6.10. The van der Waals surface area contributed by atoms with E-state index in [1.165, 1.54) is 4.90 Å². The Hall–Kier alpha value is -2.34. The molecule has 1 amide bonds. The highest BCUT2D eigenvalue weighted by molar-refractivity contribution is 5.77. The summed E-state index contributed by atoms with van der Waals surface area (Å²) in [4.78, 5) is 20.7. The van der Waals surface area contributed by atoms with Crippen LogP contribution in [0.15, 0.2) is 0 Å². The molecule has 1 saturated carbocycles. The maximum Gasteiger partial charge on any atom is 0.397 e. The van der Waals surface area contributed by atoms with Crippen molar-refractivity contribution < 1.29 is 22.7 Å². The van der Waals surface area contributed by atoms with Gasteiger partial charge in [-0.25, -0.2) is 4.98 Å². The zero-order chi connectivity index (χ0) is 24.1. The normalized spacial score (nSPS) is 22.8. The monoisotopic (exact) mass is 464 g/mol. The molecule has 33 heavy (non-hydrogen) atoms. The number of piperazine rings is 1. The second-order valence-electron chi connectivity index (χ2n) is 10.4. The first-order valence-electron chi connectivity index (χ1n) is 11.6. The van der Waals surface area contributed by atoms with Crippen molar-refractivity contribution in [2.45, 2.75) is 83.7 Å². The smallest absolute Gasteiger partial charge is 0.370 e. The minimum atomic E-state index is -4.53. The molecule has 2 fully saturated rings. The number of alkyl halides is 3. The molecule has 1 aliphatic carbocycles. The molecular formula is C24H31F3N4O2. The number of hydrogen-bond acceptors (Lipinski definition) is 5. The summed E-state index contributed by atoms with van der Waals surface area (Å²) in [6, 6.07) is 1.98. The van der Waals surface area contributed by atoms with E-state index >= 15 is 0 Å². The van der Waals surface area contributed by atoms with Crippen molar-refractivity contribution >= 4 is 11.7 Å². The second-order valence-corrected chi connectivity index (χ2v) is 10.4. The predicted molar refractivity (Wildman–Crippen MR) is 117 cm³/mol. The van der Waals surface area contributed by atoms with Crippen LogP contribution in [0, 0.1) is 17.2 Å². The van der Waals surface area contributed by atoms with Crippen LogP contribution < -0.4 is 4.90 Å². The van der Waals surface area contributed by atoms with E-state index in [4.69, 9.17) is 9.72 Å². The lowest BCUT2D eigenvalue weighted by Gasteiger charge is -2.44. The van der Waals surface area contributed by atoms with Crippen LogP contribution in [-0.2, 0) is 22.6 Å². The largest absolute Gasteiger partial charge is 0.397 e. The van der Waals surface area contributed by atoms with Crippen molar-refractivity contribution in [1.82, 2.24) is 9.88 Å². The number of halogens is 3. The molecule has 0 N–H and O–H groups in total. The molecule has 0 radical (unpaired) electrons. The minimum absolute atomic E-state index is 0.0385. The molecule has 3 aliphatic rings. The predicted octanol–water partition coefficient (Wildman–Crippen LogP) is 4.31. The molecule has 180 valence electrons. The summed E-state index contributed by atoms with van der Waals surface area (Å²) < 4.78 is 44.6. The van der Waals surface area contributed by atoms with Gasteiger partial charge in [0, 0.05) is 37.5 Å². The molecule has 0 spiro atoms. The number of anilines is 1. The number of carbonyl (C=O) groups excluding carboxylic acids is 1. The third kappa shape index (κ3) is 4.96. The molecule has 1 aromatic heterocycles. The second kappa shape index (κ2) is 8.46. The number of rotatable bonds is 4. The average Bonchev–Trinajstić information content (AvgIpc) is 3.55. The van der Waals surface area contributed by atoms with E-state index in [1.807, 2.05) is 32.6 Å². The number of pyridine rings is 1. The van der Waals surface area contributed by atoms with Gasteiger partial charge in [-0.15, -0.1) is 0 Å². The van der Waals surface area contributed by atoms with Crippen LogP contribution in [0.5, 0.6) is 0 Å². The summed E-state index contributed by atoms with van der Waals surface area (Å²) in [5, 5.41) is 10.1. The zero-order valence-corrected chi connectivity index (χ0v) is 19.6. The molecule has 3 heterocycles. The van der Waals surface area contributed by atoms with Crippen LogP contribution in [0.25, 0.3) is 0 Å². The van der Waals surface area contributed by atoms with Crippen LogP contribution >= 0.6 is 0 Å². The minimum Gasteiger partial charge on any atom is -0.370 e. The Morgan fingerprint density at radius 3 is 2.55 bits per heavy atom. The molecule has 4 rings (SSSR count). The van der Waals surface area contributed by atoms with Gasteiger partial charge in [0.2, 0.25) is 5.91 Å². The SMILES string of the molecule is CC(C)[C@H]1CN(c2nc(C3CC3)c3c(c2C#N)CC(C)(C)OC3)CCN1C(=O)CC(F)(F)F. The highest BCUT2D eigenvalue weighted by Gasteiger charge is 2.41. The molecule has 0 aromatic carbocycles. The number of ether oxygens (including phenoxy) is 1. The van der Waals surface area contributed by atoms with Crippen LogP contribution in [0.2, 0.25) is 0 Å². The van der Waals surface area contributed by atoms with Crippen LogP contribution in [0.3, 0.4) is 0 Å². The average molecular weight is 465 g/mol. The summed E-state index contributed by atoms with van der Waals surface area (Å²) in [5.41, 5.74) is 3.14. The van der Waals surface area contributed by atoms with Gasteiger partial charge in [0.25, 0.3) is 0 Å². The highest BCUT2D eigenvalue weighted by atomic mass is 19.4. The molecule has 6 nitrogen and oxygen atoms in total. The number of amides is 1. The maximum absolute atomic E-state index is 12.9. The van der Waals surface area contributed by atoms with Crippen LogP contribution in [0.1, 0.15) is 75.3 Å². The molecule has 1 saturated heterocycles. The van der Waals surface area contributed by atoms with Gasteiger partial charge in [-0.05, 0) is 38.2 Å². The standard InChI is InChI=1S/C24H31F3N4O2/c1-14(2)19-12-30(7-8-31(19)20(32)10-24(25,26)27)22-17(11-28)16-9-23(3,4)33-13-18(16)21(29-22)15-5-6-15/h14-15,19H,5-10,12-13H2,1-4H3/t19-/m1/s1. The van der Waals surface area contributed by atoms with E-state index in [9.17, 15) is 23.2 Å². The Balaban J connectivity index is 1.69. The van der Waals surface area contributed by atoms with Gasteiger partial charge in [0.05, 0.1) is 29.5 Å². The van der Waals surface area contributed by atoms with Crippen molar-refractivity contribution in [3.05, 3.63) is 22.4 Å². The van der Waals surface area contributed by atoms with Gasteiger partial charge >= 0.3 is 6.18 Å². The number of nitrogens with zero attached hydrogens (tertiary/aromatic N) is 4. The fourth-order valence-corrected chi connectivity index (χ4v) is 4.97. The number of hydrogen-bond donors (Lipinski definition) is 0. The molecule has 1 aromatic rings. The third-order valence-electron chi connectivity index (χ3n) is 6.87. The zero-order valence-electron chi connectivity index (χ0n) is 19.6. The summed E-state index contributed by atoms with van der Waals surface area (Å²) >= 11 is 0.